The fraction of sp³-hybridized carbons (Fsp3) is 0.333. The second kappa shape index (κ2) is 13.5. The smallest absolute Gasteiger partial charge is 0.378 e. The number of aliphatic hydroxyl groups is 1. The molecule has 3 heterocycles. The molecular weight excluding hydrogens is 795 g/mol. The van der Waals surface area contributed by atoms with Gasteiger partial charge in [-0.2, -0.15) is 32.1 Å². The molecule has 11 nitrogen and oxygen atoms in total. The molecule has 2 aromatic carbocycles. The molecule has 4 N–H and O–H groups in total. The first-order valence-electron chi connectivity index (χ1n) is 16.7. The van der Waals surface area contributed by atoms with Crippen LogP contribution in [0.2, 0.25) is 5.02 Å². The Balaban J connectivity index is 1.37. The number of H-pyrrole nitrogens is 1. The number of hydrogen-bond acceptors (Lipinski definition) is 7. The van der Waals surface area contributed by atoms with Gasteiger partial charge in [0, 0.05) is 28.7 Å². The van der Waals surface area contributed by atoms with Crippen LogP contribution in [0.5, 0.6) is 0 Å². The van der Waals surface area contributed by atoms with E-state index in [0.29, 0.717) is 10.7 Å². The third-order valence-corrected chi connectivity index (χ3v) is 10.1. The third-order valence-electron chi connectivity index (χ3n) is 9.19. The number of carbonyl (C=O) groups is 1. The van der Waals surface area contributed by atoms with Crippen LogP contribution < -0.4 is 10.0 Å². The van der Waals surface area contributed by atoms with E-state index in [2.05, 4.69) is 42.2 Å². The SMILES string of the molecule is CC(C)(O)C#Cc1ccc(-c2ccc(Cl)c3c(NS(C)(=O)=O)n[nH]c23)c([C@H](Cc2cc(F)cc(F)c2)NC(=O)Cn2nc(C(F)(F)F)c3c2C(F)(F)C2C[C@H]32)n1. The number of carbonyl (C=O) groups excluding carboxylic acids is 1. The van der Waals surface area contributed by atoms with E-state index in [9.17, 15) is 40.3 Å². The molecule has 1 saturated carbocycles. The van der Waals surface area contributed by atoms with Gasteiger partial charge in [-0.3, -0.25) is 19.3 Å². The van der Waals surface area contributed by atoms with Gasteiger partial charge in [-0.1, -0.05) is 23.6 Å². The van der Waals surface area contributed by atoms with Gasteiger partial charge in [-0.05, 0) is 74.4 Å². The van der Waals surface area contributed by atoms with E-state index >= 15 is 8.78 Å². The minimum atomic E-state index is -5.08. The highest BCUT2D eigenvalue weighted by atomic mass is 35.5. The van der Waals surface area contributed by atoms with Crippen LogP contribution in [0.15, 0.2) is 42.5 Å². The van der Waals surface area contributed by atoms with Crippen LogP contribution in [0.3, 0.4) is 0 Å². The number of halogens is 8. The maximum Gasteiger partial charge on any atom is 0.435 e. The summed E-state index contributed by atoms with van der Waals surface area (Å²) in [7, 11) is -3.84. The van der Waals surface area contributed by atoms with Crippen molar-refractivity contribution in [3.63, 3.8) is 0 Å². The van der Waals surface area contributed by atoms with Gasteiger partial charge in [0.15, 0.2) is 11.5 Å². The number of pyridine rings is 1. The minimum Gasteiger partial charge on any atom is -0.378 e. The Hall–Kier alpha value is -5.19. The van der Waals surface area contributed by atoms with E-state index < -0.39 is 93.1 Å². The third kappa shape index (κ3) is 7.64. The zero-order valence-corrected chi connectivity index (χ0v) is 30.9. The number of nitrogens with zero attached hydrogens (tertiary/aromatic N) is 4. The number of aromatic nitrogens is 5. The van der Waals surface area contributed by atoms with Crippen LogP contribution in [-0.2, 0) is 39.9 Å². The molecular formula is C36H29ClF7N7O4S. The first-order chi connectivity index (χ1) is 26.0. The van der Waals surface area contributed by atoms with Gasteiger partial charge >= 0.3 is 6.18 Å². The van der Waals surface area contributed by atoms with Crippen molar-refractivity contribution in [2.45, 2.75) is 62.9 Å². The maximum atomic E-state index is 15.3. The van der Waals surface area contributed by atoms with Gasteiger partial charge < -0.3 is 10.4 Å². The normalized spacial score (nSPS) is 17.9. The summed E-state index contributed by atoms with van der Waals surface area (Å²) in [5, 5.41) is 23.3. The second-order valence-electron chi connectivity index (χ2n) is 14.2. The lowest BCUT2D eigenvalue weighted by atomic mass is 9.93. The van der Waals surface area contributed by atoms with Crippen LogP contribution in [0.4, 0.5) is 36.6 Å². The van der Waals surface area contributed by atoms with Crippen molar-refractivity contribution < 1.29 is 49.1 Å². The van der Waals surface area contributed by atoms with Gasteiger partial charge in [0.1, 0.15) is 35.2 Å². The van der Waals surface area contributed by atoms with Crippen molar-refractivity contribution in [3.05, 3.63) is 93.0 Å². The second-order valence-corrected chi connectivity index (χ2v) is 16.3. The first-order valence-corrected chi connectivity index (χ1v) is 19.0. The average Bonchev–Trinajstić information content (AvgIpc) is 3.53. The van der Waals surface area contributed by atoms with Crippen molar-refractivity contribution >= 4 is 44.3 Å². The lowest BCUT2D eigenvalue weighted by Crippen LogP contribution is -2.35. The van der Waals surface area contributed by atoms with Crippen molar-refractivity contribution in [2.75, 3.05) is 11.0 Å². The van der Waals surface area contributed by atoms with Crippen molar-refractivity contribution in [3.8, 4) is 23.0 Å². The van der Waals surface area contributed by atoms with E-state index in [1.165, 1.54) is 38.1 Å². The fourth-order valence-corrected chi connectivity index (χ4v) is 7.72. The van der Waals surface area contributed by atoms with Crippen LogP contribution in [-0.4, -0.2) is 56.3 Å². The molecule has 0 saturated heterocycles. The Bertz CT molecular complexity index is 2590. The summed E-state index contributed by atoms with van der Waals surface area (Å²) in [5.41, 5.74) is -4.03. The number of aromatic amines is 1. The molecule has 0 spiro atoms. The van der Waals surface area contributed by atoms with Gasteiger partial charge in [-0.15, -0.1) is 0 Å². The molecule has 5 aromatic rings. The number of alkyl halides is 5. The molecule has 0 aliphatic heterocycles. The summed E-state index contributed by atoms with van der Waals surface area (Å²) >= 11 is 6.48. The standard InChI is InChI=1S/C36H29ClF7N7O4S/c1-34(2,53)9-8-19-4-5-20(21-6-7-24(37)28-30(21)47-48-33(28)50-56(3,54)55)29(45-19)25(12-16-10-17(38)13-18(39)11-16)46-26(52)15-51-32-27(31(49-51)36(42,43)44)22-14-23(22)35(32,40)41/h4-7,10-11,13,22-23,25,53H,12,14-15H2,1-3H3,(H,46,52)(H2,47,48,50)/t22-,23?,25-/m0/s1. The zero-order valence-electron chi connectivity index (χ0n) is 29.3. The van der Waals surface area contributed by atoms with Gasteiger partial charge in [0.25, 0.3) is 5.92 Å². The molecule has 0 bridgehead atoms. The minimum absolute atomic E-state index is 0.0121. The van der Waals surface area contributed by atoms with E-state index in [4.69, 9.17) is 11.6 Å². The summed E-state index contributed by atoms with van der Waals surface area (Å²) < 4.78 is 128. The number of rotatable bonds is 9. The summed E-state index contributed by atoms with van der Waals surface area (Å²) in [5.74, 6) is -4.01. The molecule has 294 valence electrons. The van der Waals surface area contributed by atoms with E-state index in [-0.39, 0.29) is 56.2 Å². The van der Waals surface area contributed by atoms with Crippen LogP contribution >= 0.6 is 11.6 Å². The maximum absolute atomic E-state index is 15.3. The molecule has 56 heavy (non-hydrogen) atoms. The number of amides is 1. The van der Waals surface area contributed by atoms with Crippen molar-refractivity contribution in [1.82, 2.24) is 30.3 Å². The molecule has 3 aromatic heterocycles. The Labute approximate surface area is 318 Å². The summed E-state index contributed by atoms with van der Waals surface area (Å²) in [6.07, 6.45) is -4.75. The monoisotopic (exact) mass is 823 g/mol. The molecule has 1 amide bonds. The van der Waals surface area contributed by atoms with Gasteiger partial charge in [0.05, 0.1) is 33.9 Å². The Morgan fingerprint density at radius 3 is 2.45 bits per heavy atom. The highest BCUT2D eigenvalue weighted by Crippen LogP contribution is 2.68. The fourth-order valence-electron chi connectivity index (χ4n) is 6.97. The van der Waals surface area contributed by atoms with Crippen LogP contribution in [0.25, 0.3) is 22.0 Å². The van der Waals surface area contributed by atoms with Gasteiger partial charge in [0.2, 0.25) is 15.9 Å². The largest absolute Gasteiger partial charge is 0.435 e. The van der Waals surface area contributed by atoms with Crippen LogP contribution in [0.1, 0.15) is 66.1 Å². The van der Waals surface area contributed by atoms with Gasteiger partial charge in [-0.25, -0.2) is 22.2 Å². The predicted molar refractivity (Wildman–Crippen MR) is 189 cm³/mol. The molecule has 0 radical (unpaired) electrons. The molecule has 1 fully saturated rings. The number of nitrogens with one attached hydrogen (secondary N) is 3. The van der Waals surface area contributed by atoms with E-state index in [1.54, 1.807) is 0 Å². The molecule has 2 aliphatic rings. The molecule has 2 aliphatic carbocycles. The summed E-state index contributed by atoms with van der Waals surface area (Å²) in [4.78, 5) is 18.5. The Kier molecular flexibility index (Phi) is 9.41. The lowest BCUT2D eigenvalue weighted by Gasteiger charge is -2.23. The number of fused-ring (bicyclic) bond motifs is 4. The summed E-state index contributed by atoms with van der Waals surface area (Å²) in [6, 6.07) is 7.04. The highest BCUT2D eigenvalue weighted by molar-refractivity contribution is 7.92. The Morgan fingerprint density at radius 2 is 1.80 bits per heavy atom. The lowest BCUT2D eigenvalue weighted by molar-refractivity contribution is -0.142. The first kappa shape index (κ1) is 39.1. The van der Waals surface area contributed by atoms with E-state index in [0.717, 1.165) is 18.4 Å². The Morgan fingerprint density at radius 1 is 1.12 bits per heavy atom. The van der Waals surface area contributed by atoms with Crippen molar-refractivity contribution in [1.29, 1.82) is 0 Å². The molecule has 7 rings (SSSR count). The number of hydrogen-bond donors (Lipinski definition) is 4. The van der Waals surface area contributed by atoms with Crippen LogP contribution in [0, 0.1) is 29.4 Å². The average molecular weight is 824 g/mol. The number of benzene rings is 2. The molecule has 3 atom stereocenters. The number of anilines is 1. The number of sulfonamides is 1. The predicted octanol–water partition coefficient (Wildman–Crippen LogP) is 6.57. The highest BCUT2D eigenvalue weighted by Gasteiger charge is 2.68. The van der Waals surface area contributed by atoms with E-state index in [1.807, 2.05) is 0 Å². The van der Waals surface area contributed by atoms with Crippen molar-refractivity contribution in [2.24, 2.45) is 5.92 Å². The topological polar surface area (TPSA) is 155 Å². The summed E-state index contributed by atoms with van der Waals surface area (Å²) in [6.45, 7) is 1.72. The zero-order chi connectivity index (χ0) is 40.7. The molecule has 1 unspecified atom stereocenters. The molecule has 20 heteroatoms. The quantitative estimate of drug-likeness (QED) is 0.0969.